The Labute approximate surface area is 170 Å². The number of carbonyl (C=O) groups is 1. The molecule has 3 aromatic rings. The number of nitrogens with zero attached hydrogens (tertiary/aromatic N) is 1. The Morgan fingerprint density at radius 3 is 2.59 bits per heavy atom. The quantitative estimate of drug-likeness (QED) is 0.448. The van der Waals surface area contributed by atoms with Crippen LogP contribution in [0.5, 0.6) is 11.5 Å². The molecule has 0 saturated carbocycles. The summed E-state index contributed by atoms with van der Waals surface area (Å²) in [5.74, 6) is 0.699. The Bertz CT molecular complexity index is 984. The zero-order chi connectivity index (χ0) is 20.5. The van der Waals surface area contributed by atoms with Crippen molar-refractivity contribution in [2.45, 2.75) is 26.4 Å². The van der Waals surface area contributed by atoms with Crippen molar-refractivity contribution in [2.24, 2.45) is 5.10 Å². The van der Waals surface area contributed by atoms with Gasteiger partial charge in [0.15, 0.2) is 0 Å². The third kappa shape index (κ3) is 6.21. The van der Waals surface area contributed by atoms with Gasteiger partial charge in [0, 0.05) is 0 Å². The molecule has 5 nitrogen and oxygen atoms in total. The van der Waals surface area contributed by atoms with Gasteiger partial charge in [-0.25, -0.2) is 5.43 Å². The Morgan fingerprint density at radius 2 is 1.83 bits per heavy atom. The third-order valence-electron chi connectivity index (χ3n) is 4.41. The molecular formula is C24H24N2O3. The van der Waals surface area contributed by atoms with Crippen molar-refractivity contribution in [3.63, 3.8) is 0 Å². The fourth-order valence-corrected chi connectivity index (χ4v) is 2.91. The van der Waals surface area contributed by atoms with E-state index in [1.807, 2.05) is 48.5 Å². The minimum Gasteiger partial charge on any atom is -0.508 e. The van der Waals surface area contributed by atoms with E-state index >= 15 is 0 Å². The van der Waals surface area contributed by atoms with Crippen LogP contribution < -0.4 is 10.2 Å². The van der Waals surface area contributed by atoms with Crippen molar-refractivity contribution >= 4 is 12.1 Å². The molecule has 0 saturated heterocycles. The van der Waals surface area contributed by atoms with Gasteiger partial charge in [-0.2, -0.15) is 5.10 Å². The second-order valence-corrected chi connectivity index (χ2v) is 6.63. The molecule has 5 heteroatoms. The number of phenols is 1. The van der Waals surface area contributed by atoms with Gasteiger partial charge in [-0.1, -0.05) is 49.4 Å². The molecule has 0 bridgehead atoms. The number of phenolic OH excluding ortho intramolecular Hbond substituents is 1. The topological polar surface area (TPSA) is 70.9 Å². The summed E-state index contributed by atoms with van der Waals surface area (Å²) in [5, 5.41) is 13.5. The van der Waals surface area contributed by atoms with Crippen molar-refractivity contribution < 1.29 is 14.6 Å². The molecule has 0 aliphatic heterocycles. The van der Waals surface area contributed by atoms with Gasteiger partial charge in [-0.15, -0.1) is 0 Å². The molecular weight excluding hydrogens is 364 g/mol. The van der Waals surface area contributed by atoms with Crippen LogP contribution in [0.4, 0.5) is 0 Å². The second kappa shape index (κ2) is 10.1. The largest absolute Gasteiger partial charge is 0.508 e. The lowest BCUT2D eigenvalue weighted by Crippen LogP contribution is -2.19. The number of carbonyl (C=O) groups excluding carboxylic acids is 1. The van der Waals surface area contributed by atoms with Gasteiger partial charge in [0.25, 0.3) is 0 Å². The number of hydrogen-bond acceptors (Lipinski definition) is 4. The summed E-state index contributed by atoms with van der Waals surface area (Å²) in [6, 6.07) is 22.5. The van der Waals surface area contributed by atoms with Gasteiger partial charge in [-0.3, -0.25) is 4.79 Å². The summed E-state index contributed by atoms with van der Waals surface area (Å²) in [4.78, 5) is 12.0. The van der Waals surface area contributed by atoms with E-state index in [4.69, 9.17) is 4.74 Å². The number of nitrogens with one attached hydrogen (secondary N) is 1. The van der Waals surface area contributed by atoms with Gasteiger partial charge >= 0.3 is 0 Å². The number of amides is 1. The number of hydrogen-bond donors (Lipinski definition) is 2. The maximum Gasteiger partial charge on any atom is 0.244 e. The minimum absolute atomic E-state index is 0.140. The third-order valence-corrected chi connectivity index (χ3v) is 4.41. The van der Waals surface area contributed by atoms with Gasteiger partial charge in [-0.05, 0) is 59.0 Å². The molecule has 0 aliphatic carbocycles. The molecule has 0 heterocycles. The highest BCUT2D eigenvalue weighted by Gasteiger charge is 2.05. The highest BCUT2D eigenvalue weighted by atomic mass is 16.5. The molecule has 1 amide bonds. The standard InChI is InChI=1S/C24H24N2O3/c1-2-20-15-23(29-17-18-7-4-3-5-8-18)12-11-21(20)16-25-26-24(28)14-19-9-6-10-22(27)13-19/h3-13,15-16,27H,2,14,17H2,1H3,(H,26,28)/b25-16+. The van der Waals surface area contributed by atoms with Crippen LogP contribution in [0.2, 0.25) is 0 Å². The van der Waals surface area contributed by atoms with E-state index in [1.54, 1.807) is 30.5 Å². The van der Waals surface area contributed by atoms with Crippen LogP contribution in [0, 0.1) is 0 Å². The molecule has 29 heavy (non-hydrogen) atoms. The van der Waals surface area contributed by atoms with Gasteiger partial charge in [0.2, 0.25) is 5.91 Å². The van der Waals surface area contributed by atoms with E-state index in [-0.39, 0.29) is 18.1 Å². The molecule has 2 N–H and O–H groups in total. The van der Waals surface area contributed by atoms with E-state index in [0.29, 0.717) is 6.61 Å². The highest BCUT2D eigenvalue weighted by molar-refractivity contribution is 5.84. The van der Waals surface area contributed by atoms with Crippen molar-refractivity contribution in [3.05, 3.63) is 95.1 Å². The van der Waals surface area contributed by atoms with Crippen molar-refractivity contribution in [1.82, 2.24) is 5.43 Å². The smallest absolute Gasteiger partial charge is 0.244 e. The van der Waals surface area contributed by atoms with E-state index in [9.17, 15) is 9.90 Å². The summed E-state index contributed by atoms with van der Waals surface area (Å²) in [7, 11) is 0. The number of ether oxygens (including phenoxy) is 1. The lowest BCUT2D eigenvalue weighted by molar-refractivity contribution is -0.120. The van der Waals surface area contributed by atoms with Crippen LogP contribution >= 0.6 is 0 Å². The highest BCUT2D eigenvalue weighted by Crippen LogP contribution is 2.19. The van der Waals surface area contributed by atoms with E-state index in [0.717, 1.165) is 34.4 Å². The predicted molar refractivity (Wildman–Crippen MR) is 114 cm³/mol. The Morgan fingerprint density at radius 1 is 1.03 bits per heavy atom. The Kier molecular flexibility index (Phi) is 7.00. The zero-order valence-corrected chi connectivity index (χ0v) is 16.3. The number of aryl methyl sites for hydroxylation is 1. The summed E-state index contributed by atoms with van der Waals surface area (Å²) in [6.07, 6.45) is 2.61. The number of rotatable bonds is 8. The first-order chi connectivity index (χ1) is 14.1. The molecule has 0 fully saturated rings. The Balaban J connectivity index is 1.57. The van der Waals surface area contributed by atoms with Gasteiger partial charge < -0.3 is 9.84 Å². The first kappa shape index (κ1) is 20.1. The number of aromatic hydroxyl groups is 1. The van der Waals surface area contributed by atoms with Crippen LogP contribution in [-0.2, 0) is 24.2 Å². The molecule has 0 atom stereocenters. The molecule has 3 aromatic carbocycles. The van der Waals surface area contributed by atoms with E-state index < -0.39 is 0 Å². The zero-order valence-electron chi connectivity index (χ0n) is 16.3. The molecule has 0 radical (unpaired) electrons. The number of benzene rings is 3. The maximum absolute atomic E-state index is 12.0. The molecule has 0 unspecified atom stereocenters. The van der Waals surface area contributed by atoms with Crippen molar-refractivity contribution in [3.8, 4) is 11.5 Å². The normalized spacial score (nSPS) is 10.8. The molecule has 0 aliphatic rings. The first-order valence-corrected chi connectivity index (χ1v) is 9.53. The SMILES string of the molecule is CCc1cc(OCc2ccccc2)ccc1/C=N/NC(=O)Cc1cccc(O)c1. The number of hydrazone groups is 1. The average Bonchev–Trinajstić information content (AvgIpc) is 2.73. The van der Waals surface area contributed by atoms with Crippen LogP contribution in [0.15, 0.2) is 77.9 Å². The summed E-state index contributed by atoms with van der Waals surface area (Å²) < 4.78 is 5.87. The fourth-order valence-electron chi connectivity index (χ4n) is 2.91. The molecule has 3 rings (SSSR count). The van der Waals surface area contributed by atoms with Gasteiger partial charge in [0.1, 0.15) is 18.1 Å². The lowest BCUT2D eigenvalue weighted by atomic mass is 10.1. The van der Waals surface area contributed by atoms with E-state index in [2.05, 4.69) is 17.5 Å². The lowest BCUT2D eigenvalue weighted by Gasteiger charge is -2.10. The second-order valence-electron chi connectivity index (χ2n) is 6.63. The molecule has 148 valence electrons. The van der Waals surface area contributed by atoms with Crippen LogP contribution in [0.3, 0.4) is 0 Å². The minimum atomic E-state index is -0.243. The van der Waals surface area contributed by atoms with Crippen LogP contribution in [0.1, 0.15) is 29.2 Å². The first-order valence-electron chi connectivity index (χ1n) is 9.53. The fraction of sp³-hybridized carbons (Fsp3) is 0.167. The molecule has 0 aromatic heterocycles. The summed E-state index contributed by atoms with van der Waals surface area (Å²) in [5.41, 5.74) is 6.39. The predicted octanol–water partition coefficient (Wildman–Crippen LogP) is 4.23. The van der Waals surface area contributed by atoms with Gasteiger partial charge in [0.05, 0.1) is 12.6 Å². The van der Waals surface area contributed by atoms with Crippen molar-refractivity contribution in [2.75, 3.05) is 0 Å². The summed E-state index contributed by atoms with van der Waals surface area (Å²) >= 11 is 0. The van der Waals surface area contributed by atoms with Crippen molar-refractivity contribution in [1.29, 1.82) is 0 Å². The average molecular weight is 388 g/mol. The Hall–Kier alpha value is -3.60. The van der Waals surface area contributed by atoms with E-state index in [1.165, 1.54) is 0 Å². The maximum atomic E-state index is 12.0. The monoisotopic (exact) mass is 388 g/mol. The van der Waals surface area contributed by atoms with Crippen LogP contribution in [-0.4, -0.2) is 17.2 Å². The molecule has 0 spiro atoms. The van der Waals surface area contributed by atoms with Crippen LogP contribution in [0.25, 0.3) is 0 Å². The summed E-state index contributed by atoms with van der Waals surface area (Å²) in [6.45, 7) is 2.58.